The first-order chi connectivity index (χ1) is 12.9. The molecule has 0 saturated carbocycles. The molecule has 0 spiro atoms. The lowest BCUT2D eigenvalue weighted by atomic mass is 10.1. The number of anilines is 1. The summed E-state index contributed by atoms with van der Waals surface area (Å²) < 4.78 is 5.36. The van der Waals surface area contributed by atoms with Crippen LogP contribution in [-0.2, 0) is 4.79 Å². The lowest BCUT2D eigenvalue weighted by Gasteiger charge is -2.21. The molecule has 0 unspecified atom stereocenters. The quantitative estimate of drug-likeness (QED) is 0.229. The van der Waals surface area contributed by atoms with Gasteiger partial charge >= 0.3 is 5.97 Å². The molecule has 0 aliphatic carbocycles. The summed E-state index contributed by atoms with van der Waals surface area (Å²) in [6.45, 7) is 7.38. The molecule has 2 rings (SSSR count). The van der Waals surface area contributed by atoms with Crippen LogP contribution in [0.2, 0.25) is 0 Å². The minimum atomic E-state index is -0.573. The molecule has 0 aromatic heterocycles. The van der Waals surface area contributed by atoms with Crippen LogP contribution in [0.25, 0.3) is 6.08 Å². The Balaban J connectivity index is 2.22. The summed E-state index contributed by atoms with van der Waals surface area (Å²) in [7, 11) is 0. The Morgan fingerprint density at radius 1 is 1.22 bits per heavy atom. The van der Waals surface area contributed by atoms with E-state index in [1.165, 1.54) is 0 Å². The maximum atomic E-state index is 12.4. The smallest absolute Gasteiger partial charge is 0.339 e. The van der Waals surface area contributed by atoms with Crippen molar-refractivity contribution in [3.05, 3.63) is 59.2 Å². The minimum Gasteiger partial charge on any atom is -0.507 e. The summed E-state index contributed by atoms with van der Waals surface area (Å²) >= 11 is 0. The first kappa shape index (κ1) is 20.0. The van der Waals surface area contributed by atoms with Crippen LogP contribution in [0.1, 0.15) is 31.9 Å². The number of nitrogens with one attached hydrogen (secondary N) is 1. The molecule has 0 fully saturated rings. The molecule has 0 atom stereocenters. The Kier molecular flexibility index (Phi) is 6.60. The van der Waals surface area contributed by atoms with Crippen molar-refractivity contribution >= 4 is 23.6 Å². The number of benzene rings is 2. The molecule has 0 bridgehead atoms. The average molecular weight is 367 g/mol. The number of carbonyl (C=O) groups is 1. The number of phenols is 1. The zero-order valence-corrected chi connectivity index (χ0v) is 15.8. The Morgan fingerprint density at radius 2 is 1.89 bits per heavy atom. The molecule has 6 heteroatoms. The first-order valence-electron chi connectivity index (χ1n) is 8.79. The average Bonchev–Trinajstić information content (AvgIpc) is 2.65. The standard InChI is InChI=1S/C21H25N3O3/c1-4-24(5-2)16-11-10-15(18(25)13-16)12-14(3)21(26)27-19-9-7-6-8-17(19)20(22)23/h6-13,25H,4-5H2,1-3H3,(H3,22,23). The molecule has 2 aromatic rings. The summed E-state index contributed by atoms with van der Waals surface area (Å²) in [6, 6.07) is 12.0. The van der Waals surface area contributed by atoms with E-state index in [1.807, 2.05) is 19.9 Å². The van der Waals surface area contributed by atoms with E-state index >= 15 is 0 Å². The number of nitrogen functional groups attached to an aromatic ring is 1. The van der Waals surface area contributed by atoms with Crippen LogP contribution < -0.4 is 15.4 Å². The van der Waals surface area contributed by atoms with Gasteiger partial charge in [0.05, 0.1) is 5.56 Å². The molecule has 0 aliphatic heterocycles. The van der Waals surface area contributed by atoms with Gasteiger partial charge in [0.2, 0.25) is 0 Å². The normalized spacial score (nSPS) is 11.1. The van der Waals surface area contributed by atoms with E-state index in [0.717, 1.165) is 18.8 Å². The molecule has 4 N–H and O–H groups in total. The van der Waals surface area contributed by atoms with Crippen LogP contribution in [0.4, 0.5) is 5.69 Å². The zero-order chi connectivity index (χ0) is 20.0. The third-order valence-electron chi connectivity index (χ3n) is 4.22. The molecule has 142 valence electrons. The van der Waals surface area contributed by atoms with E-state index in [1.54, 1.807) is 49.4 Å². The fraction of sp³-hybridized carbons (Fsp3) is 0.238. The van der Waals surface area contributed by atoms with Gasteiger partial charge in [0, 0.05) is 36.0 Å². The number of phenolic OH excluding ortho intramolecular Hbond substituents is 1. The Labute approximate surface area is 159 Å². The molecule has 0 heterocycles. The van der Waals surface area contributed by atoms with Crippen LogP contribution in [-0.4, -0.2) is 30.0 Å². The number of nitrogens with two attached hydrogens (primary N) is 1. The van der Waals surface area contributed by atoms with Gasteiger partial charge in [-0.1, -0.05) is 12.1 Å². The first-order valence-corrected chi connectivity index (χ1v) is 8.79. The van der Waals surface area contributed by atoms with Crippen molar-refractivity contribution in [1.82, 2.24) is 0 Å². The van der Waals surface area contributed by atoms with Gasteiger partial charge in [-0.2, -0.15) is 0 Å². The summed E-state index contributed by atoms with van der Waals surface area (Å²) in [4.78, 5) is 14.5. The van der Waals surface area contributed by atoms with Crippen LogP contribution in [0.15, 0.2) is 48.0 Å². The Morgan fingerprint density at radius 3 is 2.48 bits per heavy atom. The third-order valence-corrected chi connectivity index (χ3v) is 4.22. The number of carbonyl (C=O) groups excluding carboxylic acids is 1. The van der Waals surface area contributed by atoms with Crippen molar-refractivity contribution in [1.29, 1.82) is 5.41 Å². The second kappa shape index (κ2) is 8.89. The number of para-hydroxylation sites is 1. The fourth-order valence-electron chi connectivity index (χ4n) is 2.69. The summed E-state index contributed by atoms with van der Waals surface area (Å²) in [5.41, 5.74) is 7.63. The summed E-state index contributed by atoms with van der Waals surface area (Å²) in [5, 5.41) is 17.9. The SMILES string of the molecule is CCN(CC)c1ccc(C=C(C)C(=O)Oc2ccccc2C(=N)N)c(O)c1. The van der Waals surface area contributed by atoms with E-state index < -0.39 is 5.97 Å². The van der Waals surface area contributed by atoms with E-state index in [-0.39, 0.29) is 17.3 Å². The van der Waals surface area contributed by atoms with Gasteiger partial charge in [-0.15, -0.1) is 0 Å². The van der Waals surface area contributed by atoms with E-state index in [2.05, 4.69) is 4.90 Å². The van der Waals surface area contributed by atoms with Crippen molar-refractivity contribution in [2.45, 2.75) is 20.8 Å². The molecule has 6 nitrogen and oxygen atoms in total. The molecule has 0 radical (unpaired) electrons. The van der Waals surface area contributed by atoms with Gasteiger partial charge in [0.15, 0.2) is 0 Å². The molecular weight excluding hydrogens is 342 g/mol. The van der Waals surface area contributed by atoms with Gasteiger partial charge in [-0.25, -0.2) is 4.79 Å². The minimum absolute atomic E-state index is 0.0932. The molecule has 0 saturated heterocycles. The third kappa shape index (κ3) is 4.88. The lowest BCUT2D eigenvalue weighted by Crippen LogP contribution is -2.21. The van der Waals surface area contributed by atoms with Gasteiger partial charge in [0.1, 0.15) is 17.3 Å². The monoisotopic (exact) mass is 367 g/mol. The highest BCUT2D eigenvalue weighted by molar-refractivity contribution is 6.00. The van der Waals surface area contributed by atoms with Crippen molar-refractivity contribution in [2.24, 2.45) is 5.73 Å². The van der Waals surface area contributed by atoms with Gasteiger partial charge < -0.3 is 20.5 Å². The highest BCUT2D eigenvalue weighted by atomic mass is 16.5. The topological polar surface area (TPSA) is 99.6 Å². The number of hydrogen-bond donors (Lipinski definition) is 3. The van der Waals surface area contributed by atoms with Crippen molar-refractivity contribution in [3.8, 4) is 11.5 Å². The maximum absolute atomic E-state index is 12.4. The summed E-state index contributed by atoms with van der Waals surface area (Å²) in [5.74, 6) is -0.430. The Bertz CT molecular complexity index is 871. The predicted octanol–water partition coefficient (Wildman–Crippen LogP) is 3.53. The second-order valence-electron chi connectivity index (χ2n) is 6.04. The molecule has 2 aromatic carbocycles. The van der Waals surface area contributed by atoms with Gasteiger partial charge in [-0.05, 0) is 51.1 Å². The van der Waals surface area contributed by atoms with Crippen molar-refractivity contribution in [2.75, 3.05) is 18.0 Å². The van der Waals surface area contributed by atoms with E-state index in [4.69, 9.17) is 15.9 Å². The highest BCUT2D eigenvalue weighted by Crippen LogP contribution is 2.27. The number of aromatic hydroxyl groups is 1. The number of rotatable bonds is 7. The maximum Gasteiger partial charge on any atom is 0.339 e. The largest absolute Gasteiger partial charge is 0.507 e. The number of hydrogen-bond acceptors (Lipinski definition) is 5. The van der Waals surface area contributed by atoms with Crippen molar-refractivity contribution < 1.29 is 14.6 Å². The number of esters is 1. The van der Waals surface area contributed by atoms with E-state index in [0.29, 0.717) is 16.7 Å². The number of amidine groups is 1. The van der Waals surface area contributed by atoms with Crippen molar-refractivity contribution in [3.63, 3.8) is 0 Å². The van der Waals surface area contributed by atoms with Crippen LogP contribution >= 0.6 is 0 Å². The Hall–Kier alpha value is -3.28. The summed E-state index contributed by atoms with van der Waals surface area (Å²) in [6.07, 6.45) is 1.57. The molecule has 27 heavy (non-hydrogen) atoms. The van der Waals surface area contributed by atoms with E-state index in [9.17, 15) is 9.90 Å². The van der Waals surface area contributed by atoms with Gasteiger partial charge in [-0.3, -0.25) is 5.41 Å². The highest BCUT2D eigenvalue weighted by Gasteiger charge is 2.13. The fourth-order valence-corrected chi connectivity index (χ4v) is 2.69. The number of nitrogens with zero attached hydrogens (tertiary/aromatic N) is 1. The molecule has 0 amide bonds. The van der Waals surface area contributed by atoms with Gasteiger partial charge in [0.25, 0.3) is 0 Å². The van der Waals surface area contributed by atoms with Crippen LogP contribution in [0.3, 0.4) is 0 Å². The van der Waals surface area contributed by atoms with Crippen LogP contribution in [0, 0.1) is 5.41 Å². The predicted molar refractivity (Wildman–Crippen MR) is 108 cm³/mol. The van der Waals surface area contributed by atoms with Crippen LogP contribution in [0.5, 0.6) is 11.5 Å². The molecular formula is C21H25N3O3. The molecule has 0 aliphatic rings. The lowest BCUT2D eigenvalue weighted by molar-refractivity contribution is -0.130. The number of ether oxygens (including phenoxy) is 1. The second-order valence-corrected chi connectivity index (χ2v) is 6.04. The zero-order valence-electron chi connectivity index (χ0n) is 15.8.